The van der Waals surface area contributed by atoms with Crippen molar-refractivity contribution in [3.63, 3.8) is 0 Å². The number of carbonyl (C=O) groups is 3. The Morgan fingerprint density at radius 2 is 2.06 bits per heavy atom. The van der Waals surface area contributed by atoms with E-state index in [4.69, 9.17) is 0 Å². The molecule has 1 fully saturated rings. The van der Waals surface area contributed by atoms with Gasteiger partial charge in [-0.3, -0.25) is 14.9 Å². The van der Waals surface area contributed by atoms with E-state index in [1.54, 1.807) is 18.2 Å². The van der Waals surface area contributed by atoms with Crippen molar-refractivity contribution in [2.75, 3.05) is 4.90 Å². The Morgan fingerprint density at radius 3 is 2.71 bits per heavy atom. The molecule has 0 atom stereocenters. The first kappa shape index (κ1) is 11.3. The molecular formula is C12H12N2O3. The van der Waals surface area contributed by atoms with Crippen LogP contribution in [0, 0.1) is 0 Å². The van der Waals surface area contributed by atoms with Crippen molar-refractivity contribution < 1.29 is 14.4 Å². The van der Waals surface area contributed by atoms with Gasteiger partial charge in [-0.2, -0.15) is 0 Å². The van der Waals surface area contributed by atoms with Crippen molar-refractivity contribution in [3.05, 3.63) is 29.8 Å². The number of amides is 4. The molecule has 17 heavy (non-hydrogen) atoms. The van der Waals surface area contributed by atoms with Crippen LogP contribution in [0.5, 0.6) is 0 Å². The van der Waals surface area contributed by atoms with Crippen LogP contribution in [0.3, 0.4) is 0 Å². The summed E-state index contributed by atoms with van der Waals surface area (Å²) in [4.78, 5) is 35.3. The van der Waals surface area contributed by atoms with Gasteiger partial charge >= 0.3 is 6.03 Å². The average Bonchev–Trinajstić information content (AvgIpc) is 2.28. The highest BCUT2D eigenvalue weighted by atomic mass is 16.2. The van der Waals surface area contributed by atoms with E-state index in [0.717, 1.165) is 16.9 Å². The third kappa shape index (κ3) is 2.18. The van der Waals surface area contributed by atoms with Crippen molar-refractivity contribution in [2.45, 2.75) is 19.8 Å². The van der Waals surface area contributed by atoms with Gasteiger partial charge < -0.3 is 0 Å². The van der Waals surface area contributed by atoms with E-state index in [1.165, 1.54) is 0 Å². The molecule has 0 aliphatic carbocycles. The largest absolute Gasteiger partial charge is 0.335 e. The lowest BCUT2D eigenvalue weighted by atomic mass is 10.1. The van der Waals surface area contributed by atoms with Crippen LogP contribution in [0.15, 0.2) is 24.3 Å². The molecule has 2 rings (SSSR count). The molecule has 0 radical (unpaired) electrons. The first-order valence-corrected chi connectivity index (χ1v) is 5.37. The maximum Gasteiger partial charge on any atom is 0.335 e. The number of hydrogen-bond acceptors (Lipinski definition) is 3. The van der Waals surface area contributed by atoms with Gasteiger partial charge in [0.25, 0.3) is 0 Å². The summed E-state index contributed by atoms with van der Waals surface area (Å²) >= 11 is 0. The van der Waals surface area contributed by atoms with Gasteiger partial charge in [0.1, 0.15) is 6.42 Å². The first-order valence-electron chi connectivity index (χ1n) is 5.37. The smallest absolute Gasteiger partial charge is 0.277 e. The highest BCUT2D eigenvalue weighted by Gasteiger charge is 2.31. The Hall–Kier alpha value is -2.17. The standard InChI is InChI=1S/C12H12N2O3/c1-2-8-4-3-5-9(6-8)14-11(16)7-10(15)13-12(14)17/h3-6H,2,7H2,1H3,(H,13,15,17). The summed E-state index contributed by atoms with van der Waals surface area (Å²) in [6.07, 6.45) is 0.526. The number of imide groups is 2. The van der Waals surface area contributed by atoms with E-state index in [2.05, 4.69) is 5.32 Å². The van der Waals surface area contributed by atoms with E-state index >= 15 is 0 Å². The van der Waals surface area contributed by atoms with Gasteiger partial charge in [0.2, 0.25) is 11.8 Å². The average molecular weight is 232 g/mol. The molecule has 0 aromatic heterocycles. The van der Waals surface area contributed by atoms with E-state index < -0.39 is 17.8 Å². The van der Waals surface area contributed by atoms with Crippen LogP contribution in [0.1, 0.15) is 18.9 Å². The van der Waals surface area contributed by atoms with Crippen molar-refractivity contribution in [2.24, 2.45) is 0 Å². The summed E-state index contributed by atoms with van der Waals surface area (Å²) in [5, 5.41) is 2.12. The summed E-state index contributed by atoms with van der Waals surface area (Å²) in [5.41, 5.74) is 1.53. The Morgan fingerprint density at radius 1 is 1.29 bits per heavy atom. The minimum Gasteiger partial charge on any atom is -0.277 e. The molecule has 0 saturated carbocycles. The quantitative estimate of drug-likeness (QED) is 0.780. The lowest BCUT2D eigenvalue weighted by Gasteiger charge is -2.24. The topological polar surface area (TPSA) is 66.5 Å². The molecule has 1 heterocycles. The van der Waals surface area contributed by atoms with Gasteiger partial charge in [-0.25, -0.2) is 9.69 Å². The summed E-state index contributed by atoms with van der Waals surface area (Å²) in [6, 6.07) is 6.46. The van der Waals surface area contributed by atoms with Gasteiger partial charge in [0, 0.05) is 0 Å². The second-order valence-corrected chi connectivity index (χ2v) is 3.78. The monoisotopic (exact) mass is 232 g/mol. The van der Waals surface area contributed by atoms with Crippen molar-refractivity contribution in [1.29, 1.82) is 0 Å². The molecule has 1 aromatic carbocycles. The fraction of sp³-hybridized carbons (Fsp3) is 0.250. The summed E-state index contributed by atoms with van der Waals surface area (Å²) in [6.45, 7) is 1.99. The van der Waals surface area contributed by atoms with E-state index in [1.807, 2.05) is 13.0 Å². The Balaban J connectivity index is 2.34. The number of benzene rings is 1. The molecule has 1 aromatic rings. The number of anilines is 1. The lowest BCUT2D eigenvalue weighted by molar-refractivity contribution is -0.128. The molecule has 88 valence electrons. The summed E-state index contributed by atoms with van der Waals surface area (Å²) < 4.78 is 0. The van der Waals surface area contributed by atoms with Crippen molar-refractivity contribution >= 4 is 23.5 Å². The van der Waals surface area contributed by atoms with E-state index in [9.17, 15) is 14.4 Å². The fourth-order valence-electron chi connectivity index (χ4n) is 1.73. The second-order valence-electron chi connectivity index (χ2n) is 3.78. The van der Waals surface area contributed by atoms with Crippen LogP contribution in [0.4, 0.5) is 10.5 Å². The zero-order chi connectivity index (χ0) is 12.4. The SMILES string of the molecule is CCc1cccc(N2C(=O)CC(=O)NC2=O)c1. The van der Waals surface area contributed by atoms with Gasteiger partial charge in [-0.1, -0.05) is 19.1 Å². The van der Waals surface area contributed by atoms with Crippen LogP contribution in [0.25, 0.3) is 0 Å². The van der Waals surface area contributed by atoms with Crippen LogP contribution in [-0.2, 0) is 16.0 Å². The zero-order valence-corrected chi connectivity index (χ0v) is 9.40. The number of carbonyl (C=O) groups excluding carboxylic acids is 3. The molecule has 1 saturated heterocycles. The highest BCUT2D eigenvalue weighted by molar-refractivity contribution is 6.26. The molecule has 1 aliphatic rings. The minimum atomic E-state index is -0.681. The van der Waals surface area contributed by atoms with Crippen LogP contribution < -0.4 is 10.2 Å². The highest BCUT2D eigenvalue weighted by Crippen LogP contribution is 2.19. The van der Waals surface area contributed by atoms with Gasteiger partial charge in [0.05, 0.1) is 5.69 Å². The number of hydrogen-bond donors (Lipinski definition) is 1. The molecule has 0 spiro atoms. The Kier molecular flexibility index (Phi) is 2.91. The third-order valence-electron chi connectivity index (χ3n) is 2.59. The molecule has 4 amide bonds. The number of rotatable bonds is 2. The molecule has 5 heteroatoms. The van der Waals surface area contributed by atoms with Crippen LogP contribution in [-0.4, -0.2) is 17.8 Å². The van der Waals surface area contributed by atoms with Crippen molar-refractivity contribution in [1.82, 2.24) is 5.32 Å². The normalized spacial score (nSPS) is 16.1. The number of barbiturate groups is 1. The minimum absolute atomic E-state index is 0.290. The predicted molar refractivity (Wildman–Crippen MR) is 61.5 cm³/mol. The molecule has 5 nitrogen and oxygen atoms in total. The van der Waals surface area contributed by atoms with Crippen LogP contribution in [0.2, 0.25) is 0 Å². The third-order valence-corrected chi connectivity index (χ3v) is 2.59. The number of nitrogens with one attached hydrogen (secondary N) is 1. The maximum atomic E-state index is 11.7. The predicted octanol–water partition coefficient (Wildman–Crippen LogP) is 1.22. The van der Waals surface area contributed by atoms with E-state index in [0.29, 0.717) is 5.69 Å². The number of nitrogens with zero attached hydrogens (tertiary/aromatic N) is 1. The zero-order valence-electron chi connectivity index (χ0n) is 9.40. The van der Waals surface area contributed by atoms with Crippen LogP contribution >= 0.6 is 0 Å². The fourth-order valence-corrected chi connectivity index (χ4v) is 1.73. The maximum absolute atomic E-state index is 11.7. The number of urea groups is 1. The molecule has 1 aliphatic heterocycles. The molecule has 1 N–H and O–H groups in total. The number of aryl methyl sites for hydroxylation is 1. The molecule has 0 bridgehead atoms. The lowest BCUT2D eigenvalue weighted by Crippen LogP contribution is -2.52. The van der Waals surface area contributed by atoms with Crippen molar-refractivity contribution in [3.8, 4) is 0 Å². The van der Waals surface area contributed by atoms with Gasteiger partial charge in [0.15, 0.2) is 0 Å². The summed E-state index contributed by atoms with van der Waals surface area (Å²) in [7, 11) is 0. The van der Waals surface area contributed by atoms with Gasteiger partial charge in [-0.15, -0.1) is 0 Å². The van der Waals surface area contributed by atoms with E-state index in [-0.39, 0.29) is 6.42 Å². The molecule has 0 unspecified atom stereocenters. The Bertz CT molecular complexity index is 476. The Labute approximate surface area is 98.4 Å². The second kappa shape index (κ2) is 4.37. The summed E-state index contributed by atoms with van der Waals surface area (Å²) in [5.74, 6) is -1.05. The van der Waals surface area contributed by atoms with Gasteiger partial charge in [-0.05, 0) is 24.1 Å². The first-order chi connectivity index (χ1) is 8.11. The molecular weight excluding hydrogens is 220 g/mol.